The maximum absolute atomic E-state index is 13.4. The highest BCUT2D eigenvalue weighted by molar-refractivity contribution is 7.89. The van der Waals surface area contributed by atoms with Gasteiger partial charge in [-0.25, -0.2) is 12.8 Å². The first-order chi connectivity index (χ1) is 14.9. The Labute approximate surface area is 183 Å². The van der Waals surface area contributed by atoms with Gasteiger partial charge < -0.3 is 4.90 Å². The highest BCUT2D eigenvalue weighted by Gasteiger charge is 2.29. The highest BCUT2D eigenvalue weighted by Crippen LogP contribution is 2.27. The Morgan fingerprint density at radius 2 is 1.52 bits per heavy atom. The molecular formula is C24H29FN2O3S. The van der Waals surface area contributed by atoms with Gasteiger partial charge in [0.1, 0.15) is 5.82 Å². The summed E-state index contributed by atoms with van der Waals surface area (Å²) in [4.78, 5) is 15.5. The number of halogens is 1. The van der Waals surface area contributed by atoms with Gasteiger partial charge in [0.05, 0.1) is 4.90 Å². The van der Waals surface area contributed by atoms with Crippen molar-refractivity contribution in [3.8, 4) is 0 Å². The minimum atomic E-state index is -3.50. The van der Waals surface area contributed by atoms with Gasteiger partial charge in [-0.3, -0.25) is 4.79 Å². The summed E-state index contributed by atoms with van der Waals surface area (Å²) >= 11 is 0. The van der Waals surface area contributed by atoms with E-state index in [0.29, 0.717) is 25.2 Å². The van der Waals surface area contributed by atoms with E-state index in [-0.39, 0.29) is 22.7 Å². The second-order valence-corrected chi connectivity index (χ2v) is 10.4. The molecule has 0 radical (unpaired) electrons. The number of rotatable bonds is 6. The fourth-order valence-corrected chi connectivity index (χ4v) is 6.08. The number of hydrogen-bond acceptors (Lipinski definition) is 3. The maximum atomic E-state index is 13.4. The monoisotopic (exact) mass is 444 g/mol. The third kappa shape index (κ3) is 4.99. The Kier molecular flexibility index (Phi) is 6.72. The van der Waals surface area contributed by atoms with Gasteiger partial charge >= 0.3 is 0 Å². The lowest BCUT2D eigenvalue weighted by molar-refractivity contribution is 0.0614. The Bertz CT molecular complexity index is 994. The van der Waals surface area contributed by atoms with E-state index >= 15 is 0 Å². The van der Waals surface area contributed by atoms with Gasteiger partial charge in [-0.1, -0.05) is 31.4 Å². The molecule has 7 heteroatoms. The summed E-state index contributed by atoms with van der Waals surface area (Å²) in [5, 5.41) is 0. The van der Waals surface area contributed by atoms with E-state index in [0.717, 1.165) is 44.1 Å². The number of nitrogens with zero attached hydrogens (tertiary/aromatic N) is 2. The van der Waals surface area contributed by atoms with Crippen molar-refractivity contribution in [1.29, 1.82) is 0 Å². The van der Waals surface area contributed by atoms with E-state index in [1.54, 1.807) is 24.3 Å². The molecule has 0 atom stereocenters. The molecule has 2 fully saturated rings. The van der Waals surface area contributed by atoms with Crippen molar-refractivity contribution in [2.45, 2.75) is 62.4 Å². The maximum Gasteiger partial charge on any atom is 0.254 e. The Morgan fingerprint density at radius 3 is 2.13 bits per heavy atom. The quantitative estimate of drug-likeness (QED) is 0.655. The molecule has 1 saturated carbocycles. The van der Waals surface area contributed by atoms with Crippen LogP contribution >= 0.6 is 0 Å². The van der Waals surface area contributed by atoms with E-state index in [9.17, 15) is 17.6 Å². The summed E-state index contributed by atoms with van der Waals surface area (Å²) < 4.78 is 40.4. The summed E-state index contributed by atoms with van der Waals surface area (Å²) in [6, 6.07) is 12.7. The third-order valence-electron chi connectivity index (χ3n) is 6.35. The van der Waals surface area contributed by atoms with Gasteiger partial charge in [-0.05, 0) is 67.6 Å². The van der Waals surface area contributed by atoms with Crippen molar-refractivity contribution < 1.29 is 17.6 Å². The van der Waals surface area contributed by atoms with E-state index < -0.39 is 10.0 Å². The zero-order valence-corrected chi connectivity index (χ0v) is 18.5. The van der Waals surface area contributed by atoms with Crippen molar-refractivity contribution in [2.75, 3.05) is 13.1 Å². The van der Waals surface area contributed by atoms with Crippen LogP contribution < -0.4 is 0 Å². The normalized spacial score (nSPS) is 18.2. The number of carbonyl (C=O) groups is 1. The molecule has 31 heavy (non-hydrogen) atoms. The van der Waals surface area contributed by atoms with E-state index in [1.165, 1.54) is 35.0 Å². The Balaban J connectivity index is 1.56. The molecule has 166 valence electrons. The first-order valence-electron chi connectivity index (χ1n) is 11.1. The molecule has 2 aromatic rings. The molecule has 2 aliphatic rings. The van der Waals surface area contributed by atoms with Gasteiger partial charge in [0.25, 0.3) is 5.91 Å². The van der Waals surface area contributed by atoms with Crippen molar-refractivity contribution in [3.05, 3.63) is 65.5 Å². The molecule has 1 heterocycles. The zero-order valence-electron chi connectivity index (χ0n) is 17.7. The Hall–Kier alpha value is -2.25. The van der Waals surface area contributed by atoms with Crippen molar-refractivity contribution in [2.24, 2.45) is 0 Å². The van der Waals surface area contributed by atoms with Crippen LogP contribution in [0.15, 0.2) is 53.4 Å². The SMILES string of the molecule is O=C(c1ccc(S(=O)(=O)N2CCCC2)cc1)N(Cc1ccc(F)cc1)C1CCCCC1. The molecule has 0 spiro atoms. The number of sulfonamides is 1. The molecule has 0 aromatic heterocycles. The zero-order chi connectivity index (χ0) is 21.8. The smallest absolute Gasteiger partial charge is 0.254 e. The van der Waals surface area contributed by atoms with Gasteiger partial charge in [0.2, 0.25) is 10.0 Å². The lowest BCUT2D eigenvalue weighted by Gasteiger charge is -2.34. The van der Waals surface area contributed by atoms with E-state index in [1.807, 2.05) is 4.90 Å². The Morgan fingerprint density at radius 1 is 0.903 bits per heavy atom. The third-order valence-corrected chi connectivity index (χ3v) is 8.26. The van der Waals surface area contributed by atoms with Crippen LogP contribution in [-0.2, 0) is 16.6 Å². The van der Waals surface area contributed by atoms with Crippen molar-refractivity contribution in [3.63, 3.8) is 0 Å². The van der Waals surface area contributed by atoms with Gasteiger partial charge in [0.15, 0.2) is 0 Å². The summed E-state index contributed by atoms with van der Waals surface area (Å²) in [5.74, 6) is -0.407. The fourth-order valence-electron chi connectivity index (χ4n) is 4.56. The lowest BCUT2D eigenvalue weighted by atomic mass is 9.93. The molecule has 4 rings (SSSR count). The van der Waals surface area contributed by atoms with Crippen LogP contribution in [0, 0.1) is 5.82 Å². The predicted octanol–water partition coefficient (Wildman–Crippen LogP) is 4.59. The second kappa shape index (κ2) is 9.49. The summed E-state index contributed by atoms with van der Waals surface area (Å²) in [6.07, 6.45) is 7.03. The van der Waals surface area contributed by atoms with Crippen LogP contribution in [0.5, 0.6) is 0 Å². The summed E-state index contributed by atoms with van der Waals surface area (Å²) in [7, 11) is -3.50. The van der Waals surface area contributed by atoms with E-state index in [2.05, 4.69) is 0 Å². The number of amides is 1. The predicted molar refractivity (Wildman–Crippen MR) is 118 cm³/mol. The molecule has 0 bridgehead atoms. The summed E-state index contributed by atoms with van der Waals surface area (Å²) in [5.41, 5.74) is 1.36. The molecule has 5 nitrogen and oxygen atoms in total. The fraction of sp³-hybridized carbons (Fsp3) is 0.458. The number of benzene rings is 2. The average molecular weight is 445 g/mol. The first-order valence-corrected chi connectivity index (χ1v) is 12.5. The minimum Gasteiger partial charge on any atom is -0.331 e. The van der Waals surface area contributed by atoms with Crippen LogP contribution in [0.2, 0.25) is 0 Å². The molecule has 2 aromatic carbocycles. The first kappa shape index (κ1) is 22.0. The highest BCUT2D eigenvalue weighted by atomic mass is 32.2. The second-order valence-electron chi connectivity index (χ2n) is 8.49. The van der Waals surface area contributed by atoms with Gasteiger partial charge in [-0.15, -0.1) is 0 Å². The standard InChI is InChI=1S/C24H29FN2O3S/c25-21-12-8-19(9-13-21)18-27(22-6-2-1-3-7-22)24(28)20-10-14-23(15-11-20)31(29,30)26-16-4-5-17-26/h8-15,22H,1-7,16-18H2. The van der Waals surface area contributed by atoms with E-state index in [4.69, 9.17) is 0 Å². The average Bonchev–Trinajstić information content (AvgIpc) is 3.35. The van der Waals surface area contributed by atoms with Crippen molar-refractivity contribution in [1.82, 2.24) is 9.21 Å². The number of hydrogen-bond donors (Lipinski definition) is 0. The van der Waals surface area contributed by atoms with Crippen molar-refractivity contribution >= 4 is 15.9 Å². The molecule has 1 aliphatic heterocycles. The molecule has 1 saturated heterocycles. The summed E-state index contributed by atoms with van der Waals surface area (Å²) in [6.45, 7) is 1.52. The van der Waals surface area contributed by atoms with Crippen LogP contribution in [0.25, 0.3) is 0 Å². The molecule has 0 unspecified atom stereocenters. The van der Waals surface area contributed by atoms with Crippen LogP contribution in [0.4, 0.5) is 4.39 Å². The topological polar surface area (TPSA) is 57.7 Å². The molecule has 1 aliphatic carbocycles. The largest absolute Gasteiger partial charge is 0.331 e. The number of carbonyl (C=O) groups excluding carboxylic acids is 1. The van der Waals surface area contributed by atoms with Crippen LogP contribution in [0.1, 0.15) is 60.9 Å². The lowest BCUT2D eigenvalue weighted by Crippen LogP contribution is -2.41. The van der Waals surface area contributed by atoms with Gasteiger partial charge in [0, 0.05) is 31.2 Å². The molecule has 0 N–H and O–H groups in total. The van der Waals surface area contributed by atoms with Crippen LogP contribution in [-0.4, -0.2) is 42.7 Å². The molecular weight excluding hydrogens is 415 g/mol. The minimum absolute atomic E-state index is 0.110. The van der Waals surface area contributed by atoms with Gasteiger partial charge in [-0.2, -0.15) is 4.31 Å². The van der Waals surface area contributed by atoms with Crippen LogP contribution in [0.3, 0.4) is 0 Å². The molecule has 1 amide bonds.